The summed E-state index contributed by atoms with van der Waals surface area (Å²) in [6.45, 7) is 0.428. The van der Waals surface area contributed by atoms with E-state index >= 15 is 0 Å². The SMILES string of the molecule is Cn1ccc(CC2(C#N)COc3ccccc3C2)n1. The first-order chi connectivity index (χ1) is 9.21. The molecule has 1 unspecified atom stereocenters. The molecule has 96 valence electrons. The second kappa shape index (κ2) is 4.43. The summed E-state index contributed by atoms with van der Waals surface area (Å²) in [5.74, 6) is 0.898. The van der Waals surface area contributed by atoms with Crippen LogP contribution in [-0.2, 0) is 19.9 Å². The predicted octanol–water partition coefficient (Wildman–Crippen LogP) is 2.11. The van der Waals surface area contributed by atoms with Gasteiger partial charge in [-0.25, -0.2) is 0 Å². The van der Waals surface area contributed by atoms with Crippen molar-refractivity contribution >= 4 is 0 Å². The number of aryl methyl sites for hydroxylation is 1. The fourth-order valence-corrected chi connectivity index (χ4v) is 2.55. The Kier molecular flexibility index (Phi) is 2.75. The van der Waals surface area contributed by atoms with Crippen LogP contribution in [0.5, 0.6) is 5.75 Å². The smallest absolute Gasteiger partial charge is 0.122 e. The van der Waals surface area contributed by atoms with Crippen molar-refractivity contribution in [2.24, 2.45) is 12.5 Å². The molecule has 0 amide bonds. The maximum Gasteiger partial charge on any atom is 0.122 e. The largest absolute Gasteiger partial charge is 0.492 e. The van der Waals surface area contributed by atoms with Crippen LogP contribution in [-0.4, -0.2) is 16.4 Å². The molecule has 4 nitrogen and oxygen atoms in total. The molecular weight excluding hydrogens is 238 g/mol. The van der Waals surface area contributed by atoms with Crippen LogP contribution in [0.25, 0.3) is 0 Å². The van der Waals surface area contributed by atoms with Crippen LogP contribution in [0.1, 0.15) is 11.3 Å². The molecule has 0 spiro atoms. The zero-order valence-electron chi connectivity index (χ0n) is 10.8. The second-order valence-electron chi connectivity index (χ2n) is 5.12. The van der Waals surface area contributed by atoms with Crippen molar-refractivity contribution in [3.8, 4) is 11.8 Å². The van der Waals surface area contributed by atoms with Crippen molar-refractivity contribution in [1.82, 2.24) is 9.78 Å². The molecule has 2 heterocycles. The monoisotopic (exact) mass is 253 g/mol. The highest BCUT2D eigenvalue weighted by Crippen LogP contribution is 2.36. The molecule has 1 atom stereocenters. The maximum atomic E-state index is 9.57. The molecule has 2 aromatic rings. The Labute approximate surface area is 112 Å². The molecule has 1 aliphatic heterocycles. The average Bonchev–Trinajstić information content (AvgIpc) is 2.84. The lowest BCUT2D eigenvalue weighted by Crippen LogP contribution is -2.35. The van der Waals surface area contributed by atoms with Gasteiger partial charge in [0.2, 0.25) is 0 Å². The second-order valence-corrected chi connectivity index (χ2v) is 5.12. The molecule has 1 aliphatic rings. The Balaban J connectivity index is 1.88. The first-order valence-electron chi connectivity index (χ1n) is 6.31. The number of hydrogen-bond donors (Lipinski definition) is 0. The summed E-state index contributed by atoms with van der Waals surface area (Å²) in [6, 6.07) is 12.3. The number of aromatic nitrogens is 2. The summed E-state index contributed by atoms with van der Waals surface area (Å²) in [5, 5.41) is 13.9. The molecule has 0 fully saturated rings. The van der Waals surface area contributed by atoms with Crippen molar-refractivity contribution < 1.29 is 4.74 Å². The van der Waals surface area contributed by atoms with Gasteiger partial charge in [0.1, 0.15) is 17.8 Å². The Morgan fingerprint density at radius 2 is 2.26 bits per heavy atom. The summed E-state index contributed by atoms with van der Waals surface area (Å²) in [4.78, 5) is 0. The summed E-state index contributed by atoms with van der Waals surface area (Å²) < 4.78 is 7.51. The molecule has 0 saturated carbocycles. The van der Waals surface area contributed by atoms with Gasteiger partial charge in [-0.2, -0.15) is 10.4 Å². The first kappa shape index (κ1) is 11.8. The zero-order valence-corrected chi connectivity index (χ0v) is 10.8. The Morgan fingerprint density at radius 1 is 1.42 bits per heavy atom. The maximum absolute atomic E-state index is 9.57. The van der Waals surface area contributed by atoms with Crippen LogP contribution >= 0.6 is 0 Å². The molecule has 3 rings (SSSR count). The quantitative estimate of drug-likeness (QED) is 0.823. The van der Waals surface area contributed by atoms with E-state index in [9.17, 15) is 5.26 Å². The molecule has 0 N–H and O–H groups in total. The van der Waals surface area contributed by atoms with E-state index in [1.54, 1.807) is 4.68 Å². The van der Waals surface area contributed by atoms with E-state index in [1.807, 2.05) is 43.6 Å². The lowest BCUT2D eigenvalue weighted by Gasteiger charge is -2.31. The number of ether oxygens (including phenoxy) is 1. The van der Waals surface area contributed by atoms with E-state index in [4.69, 9.17) is 4.74 Å². The van der Waals surface area contributed by atoms with Gasteiger partial charge in [-0.1, -0.05) is 18.2 Å². The van der Waals surface area contributed by atoms with Crippen molar-refractivity contribution in [1.29, 1.82) is 5.26 Å². The minimum absolute atomic E-state index is 0.428. The molecule has 0 saturated heterocycles. The van der Waals surface area contributed by atoms with Gasteiger partial charge < -0.3 is 4.74 Å². The Hall–Kier alpha value is -2.28. The number of benzene rings is 1. The van der Waals surface area contributed by atoms with Gasteiger partial charge in [-0.3, -0.25) is 4.68 Å². The predicted molar refractivity (Wildman–Crippen MR) is 70.6 cm³/mol. The van der Waals surface area contributed by atoms with E-state index in [1.165, 1.54) is 0 Å². The van der Waals surface area contributed by atoms with Gasteiger partial charge >= 0.3 is 0 Å². The third-order valence-corrected chi connectivity index (χ3v) is 3.53. The standard InChI is InChI=1S/C15H15N3O/c1-18-7-6-13(17-18)9-15(10-16)8-12-4-2-3-5-14(12)19-11-15/h2-7H,8-9,11H2,1H3. The van der Waals surface area contributed by atoms with Crippen LogP contribution in [0.3, 0.4) is 0 Å². The topological polar surface area (TPSA) is 50.8 Å². The third kappa shape index (κ3) is 2.19. The Morgan fingerprint density at radius 3 is 3.00 bits per heavy atom. The summed E-state index contributed by atoms with van der Waals surface area (Å²) in [7, 11) is 1.88. The van der Waals surface area contributed by atoms with Crippen molar-refractivity contribution in [2.75, 3.05) is 6.61 Å². The number of rotatable bonds is 2. The number of hydrogen-bond acceptors (Lipinski definition) is 3. The van der Waals surface area contributed by atoms with Crippen LogP contribution in [0, 0.1) is 16.7 Å². The molecular formula is C15H15N3O. The highest BCUT2D eigenvalue weighted by Gasteiger charge is 2.37. The fraction of sp³-hybridized carbons (Fsp3) is 0.333. The Bertz CT molecular complexity index is 641. The molecule has 4 heteroatoms. The van der Waals surface area contributed by atoms with Gasteiger partial charge in [-0.15, -0.1) is 0 Å². The molecule has 19 heavy (non-hydrogen) atoms. The third-order valence-electron chi connectivity index (χ3n) is 3.53. The highest BCUT2D eigenvalue weighted by atomic mass is 16.5. The van der Waals surface area contributed by atoms with Gasteiger partial charge in [0.15, 0.2) is 0 Å². The minimum atomic E-state index is -0.511. The average molecular weight is 253 g/mol. The summed E-state index contributed by atoms with van der Waals surface area (Å²) >= 11 is 0. The summed E-state index contributed by atoms with van der Waals surface area (Å²) in [6.07, 6.45) is 3.24. The van der Waals surface area contributed by atoms with Gasteiger partial charge in [0.25, 0.3) is 0 Å². The lowest BCUT2D eigenvalue weighted by molar-refractivity contribution is 0.168. The first-order valence-corrected chi connectivity index (χ1v) is 6.31. The van der Waals surface area contributed by atoms with Gasteiger partial charge in [0, 0.05) is 19.7 Å². The number of nitriles is 1. The molecule has 0 radical (unpaired) electrons. The summed E-state index contributed by atoms with van der Waals surface area (Å²) in [5.41, 5.74) is 1.53. The van der Waals surface area contributed by atoms with Crippen molar-refractivity contribution in [3.63, 3.8) is 0 Å². The minimum Gasteiger partial charge on any atom is -0.492 e. The van der Waals surface area contributed by atoms with E-state index in [2.05, 4.69) is 11.2 Å². The van der Waals surface area contributed by atoms with E-state index in [-0.39, 0.29) is 0 Å². The highest BCUT2D eigenvalue weighted by molar-refractivity contribution is 5.37. The van der Waals surface area contributed by atoms with Crippen LogP contribution in [0.2, 0.25) is 0 Å². The molecule has 0 bridgehead atoms. The van der Waals surface area contributed by atoms with E-state index in [0.29, 0.717) is 13.0 Å². The van der Waals surface area contributed by atoms with E-state index in [0.717, 1.165) is 23.4 Å². The van der Waals surface area contributed by atoms with Gasteiger partial charge in [-0.05, 0) is 24.1 Å². The lowest BCUT2D eigenvalue weighted by atomic mass is 9.78. The van der Waals surface area contributed by atoms with Crippen LogP contribution in [0.15, 0.2) is 36.5 Å². The molecule has 0 aliphatic carbocycles. The van der Waals surface area contributed by atoms with E-state index < -0.39 is 5.41 Å². The molecule has 1 aromatic heterocycles. The molecule has 1 aromatic carbocycles. The normalized spacial score (nSPS) is 21.3. The number of fused-ring (bicyclic) bond motifs is 1. The fourth-order valence-electron chi connectivity index (χ4n) is 2.55. The van der Waals surface area contributed by atoms with Crippen molar-refractivity contribution in [2.45, 2.75) is 12.8 Å². The zero-order chi connectivity index (χ0) is 13.3. The van der Waals surface area contributed by atoms with Crippen molar-refractivity contribution in [3.05, 3.63) is 47.8 Å². The van der Waals surface area contributed by atoms with Crippen LogP contribution in [0.4, 0.5) is 0 Å². The number of nitrogens with zero attached hydrogens (tertiary/aromatic N) is 3. The van der Waals surface area contributed by atoms with Gasteiger partial charge in [0.05, 0.1) is 11.8 Å². The number of para-hydroxylation sites is 1. The van der Waals surface area contributed by atoms with Crippen LogP contribution < -0.4 is 4.74 Å².